The third-order valence-electron chi connectivity index (χ3n) is 6.11. The molecule has 6 nitrogen and oxygen atoms in total. The van der Waals surface area contributed by atoms with E-state index in [0.717, 1.165) is 42.7 Å². The van der Waals surface area contributed by atoms with Crippen LogP contribution in [0.4, 0.5) is 9.18 Å². The fraction of sp³-hybridized carbons (Fsp3) is 0.440. The van der Waals surface area contributed by atoms with Crippen molar-refractivity contribution in [2.24, 2.45) is 5.16 Å². The Kier molecular flexibility index (Phi) is 7.24. The standard InChI is InChI=1S/C25H30FN3O3/c1-31-24-14-8-6-12-21(24)23-15-20(32-28-23)17-29(16-18-9-5-7-13-22(18)26)25(30)27-19-10-3-2-4-11-19/h5-9,12-14,19-20H,2-4,10-11,15-17H2,1H3,(H,27,30). The maximum absolute atomic E-state index is 14.3. The molecule has 1 heterocycles. The number of para-hydroxylation sites is 1. The highest BCUT2D eigenvalue weighted by atomic mass is 19.1. The zero-order valence-corrected chi connectivity index (χ0v) is 18.4. The minimum absolute atomic E-state index is 0.171. The second kappa shape index (κ2) is 10.5. The third-order valence-corrected chi connectivity index (χ3v) is 6.11. The van der Waals surface area contributed by atoms with E-state index < -0.39 is 0 Å². The molecule has 4 rings (SSSR count). The first-order valence-electron chi connectivity index (χ1n) is 11.3. The number of carbonyl (C=O) groups excluding carboxylic acids is 1. The highest BCUT2D eigenvalue weighted by molar-refractivity contribution is 6.03. The molecule has 7 heteroatoms. The molecule has 0 saturated heterocycles. The topological polar surface area (TPSA) is 63.2 Å². The Morgan fingerprint density at radius 2 is 1.91 bits per heavy atom. The van der Waals surface area contributed by atoms with Gasteiger partial charge in [-0.2, -0.15) is 0 Å². The second-order valence-electron chi connectivity index (χ2n) is 8.43. The second-order valence-corrected chi connectivity index (χ2v) is 8.43. The molecule has 0 aromatic heterocycles. The first-order chi connectivity index (χ1) is 15.6. The number of hydrogen-bond donors (Lipinski definition) is 1. The lowest BCUT2D eigenvalue weighted by Crippen LogP contribution is -2.47. The van der Waals surface area contributed by atoms with Gasteiger partial charge in [-0.05, 0) is 31.0 Å². The van der Waals surface area contributed by atoms with Gasteiger partial charge in [0, 0.05) is 23.6 Å². The number of rotatable bonds is 7. The molecule has 0 spiro atoms. The van der Waals surface area contributed by atoms with Crippen LogP contribution in [0.25, 0.3) is 0 Å². The van der Waals surface area contributed by atoms with E-state index in [1.807, 2.05) is 24.3 Å². The molecule has 0 radical (unpaired) electrons. The summed E-state index contributed by atoms with van der Waals surface area (Å²) in [5.41, 5.74) is 2.14. The van der Waals surface area contributed by atoms with Crippen molar-refractivity contribution in [2.75, 3.05) is 13.7 Å². The van der Waals surface area contributed by atoms with Crippen LogP contribution in [-0.2, 0) is 11.4 Å². The molecular weight excluding hydrogens is 409 g/mol. The Bertz CT molecular complexity index is 959. The van der Waals surface area contributed by atoms with Crippen LogP contribution in [0.1, 0.15) is 49.7 Å². The lowest BCUT2D eigenvalue weighted by molar-refractivity contribution is 0.0580. The van der Waals surface area contributed by atoms with Gasteiger partial charge in [0.15, 0.2) is 6.10 Å². The van der Waals surface area contributed by atoms with Gasteiger partial charge in [-0.1, -0.05) is 54.8 Å². The van der Waals surface area contributed by atoms with Crippen LogP contribution >= 0.6 is 0 Å². The largest absolute Gasteiger partial charge is 0.496 e. The van der Waals surface area contributed by atoms with Gasteiger partial charge in [0.05, 0.1) is 25.9 Å². The van der Waals surface area contributed by atoms with Gasteiger partial charge in [-0.25, -0.2) is 9.18 Å². The lowest BCUT2D eigenvalue weighted by atomic mass is 9.96. The van der Waals surface area contributed by atoms with Crippen molar-refractivity contribution in [3.05, 3.63) is 65.5 Å². The van der Waals surface area contributed by atoms with Crippen molar-refractivity contribution in [2.45, 2.75) is 57.2 Å². The summed E-state index contributed by atoms with van der Waals surface area (Å²) in [5, 5.41) is 7.40. The van der Waals surface area contributed by atoms with Crippen LogP contribution in [0.3, 0.4) is 0 Å². The summed E-state index contributed by atoms with van der Waals surface area (Å²) in [6.07, 6.45) is 5.68. The average molecular weight is 440 g/mol. The summed E-state index contributed by atoms with van der Waals surface area (Å²) < 4.78 is 19.8. The van der Waals surface area contributed by atoms with Gasteiger partial charge >= 0.3 is 6.03 Å². The van der Waals surface area contributed by atoms with Gasteiger partial charge in [0.1, 0.15) is 11.6 Å². The molecule has 1 aliphatic carbocycles. The number of ether oxygens (including phenoxy) is 1. The minimum atomic E-state index is -0.318. The summed E-state index contributed by atoms with van der Waals surface area (Å²) in [7, 11) is 1.62. The minimum Gasteiger partial charge on any atom is -0.496 e. The van der Waals surface area contributed by atoms with Crippen LogP contribution in [0.5, 0.6) is 5.75 Å². The first kappa shape index (κ1) is 22.1. The number of urea groups is 1. The molecule has 1 saturated carbocycles. The molecule has 2 aliphatic rings. The van der Waals surface area contributed by atoms with Crippen molar-refractivity contribution in [1.29, 1.82) is 0 Å². The molecule has 2 aromatic rings. The van der Waals surface area contributed by atoms with Gasteiger partial charge in [0.2, 0.25) is 0 Å². The van der Waals surface area contributed by atoms with Crippen molar-refractivity contribution < 1.29 is 18.8 Å². The fourth-order valence-electron chi connectivity index (χ4n) is 4.38. The maximum atomic E-state index is 14.3. The number of nitrogens with one attached hydrogen (secondary N) is 1. The third kappa shape index (κ3) is 5.39. The van der Waals surface area contributed by atoms with Gasteiger partial charge in [-0.15, -0.1) is 0 Å². The summed E-state index contributed by atoms with van der Waals surface area (Å²) >= 11 is 0. The summed E-state index contributed by atoms with van der Waals surface area (Å²) in [6.45, 7) is 0.490. The number of hydrogen-bond acceptors (Lipinski definition) is 4. The van der Waals surface area contributed by atoms with E-state index in [0.29, 0.717) is 18.5 Å². The van der Waals surface area contributed by atoms with E-state index in [9.17, 15) is 9.18 Å². The molecule has 1 N–H and O–H groups in total. The highest BCUT2D eigenvalue weighted by Crippen LogP contribution is 2.25. The number of methoxy groups -OCH3 is 1. The Balaban J connectivity index is 1.45. The van der Waals surface area contributed by atoms with Crippen LogP contribution in [-0.4, -0.2) is 42.4 Å². The zero-order valence-electron chi connectivity index (χ0n) is 18.4. The maximum Gasteiger partial charge on any atom is 0.318 e. The Labute approximate surface area is 188 Å². The molecule has 2 amide bonds. The molecule has 2 aromatic carbocycles. The van der Waals surface area contributed by atoms with Crippen LogP contribution in [0.15, 0.2) is 53.7 Å². The van der Waals surface area contributed by atoms with Crippen molar-refractivity contribution in [1.82, 2.24) is 10.2 Å². The molecule has 170 valence electrons. The lowest BCUT2D eigenvalue weighted by Gasteiger charge is -2.29. The number of nitrogens with zero attached hydrogens (tertiary/aromatic N) is 2. The zero-order chi connectivity index (χ0) is 22.3. The Morgan fingerprint density at radius 1 is 1.16 bits per heavy atom. The number of benzene rings is 2. The summed E-state index contributed by atoms with van der Waals surface area (Å²) in [4.78, 5) is 20.5. The van der Waals surface area contributed by atoms with Crippen molar-refractivity contribution >= 4 is 11.7 Å². The molecule has 0 bridgehead atoms. The Hall–Kier alpha value is -3.09. The highest BCUT2D eigenvalue weighted by Gasteiger charge is 2.29. The first-order valence-corrected chi connectivity index (χ1v) is 11.3. The molecule has 32 heavy (non-hydrogen) atoms. The van der Waals surface area contributed by atoms with E-state index in [2.05, 4.69) is 10.5 Å². The predicted octanol–water partition coefficient (Wildman–Crippen LogP) is 4.87. The molecule has 1 unspecified atom stereocenters. The Morgan fingerprint density at radius 3 is 2.69 bits per heavy atom. The summed E-state index contributed by atoms with van der Waals surface area (Å²) in [5.74, 6) is 0.412. The SMILES string of the molecule is COc1ccccc1C1=NOC(CN(Cc2ccccc2F)C(=O)NC2CCCCC2)C1. The molecule has 1 fully saturated rings. The number of carbonyl (C=O) groups is 1. The molecule has 1 aliphatic heterocycles. The van der Waals surface area contributed by atoms with Crippen LogP contribution in [0, 0.1) is 5.82 Å². The van der Waals surface area contributed by atoms with Gasteiger partial charge < -0.3 is 19.8 Å². The normalized spacial score (nSPS) is 18.6. The van der Waals surface area contributed by atoms with Gasteiger partial charge in [-0.3, -0.25) is 0 Å². The number of amides is 2. The average Bonchev–Trinajstić information content (AvgIpc) is 3.29. The number of oxime groups is 1. The van der Waals surface area contributed by atoms with Crippen molar-refractivity contribution in [3.63, 3.8) is 0 Å². The fourth-order valence-corrected chi connectivity index (χ4v) is 4.38. The number of halogens is 1. The predicted molar refractivity (Wildman–Crippen MR) is 121 cm³/mol. The molecule has 1 atom stereocenters. The van der Waals surface area contributed by atoms with E-state index in [4.69, 9.17) is 9.57 Å². The van der Waals surface area contributed by atoms with E-state index >= 15 is 0 Å². The van der Waals surface area contributed by atoms with Gasteiger partial charge in [0.25, 0.3) is 0 Å². The molecular formula is C25H30FN3O3. The summed E-state index contributed by atoms with van der Waals surface area (Å²) in [6, 6.07) is 14.2. The smallest absolute Gasteiger partial charge is 0.318 e. The van der Waals surface area contributed by atoms with E-state index in [1.54, 1.807) is 30.2 Å². The van der Waals surface area contributed by atoms with E-state index in [-0.39, 0.29) is 30.5 Å². The van der Waals surface area contributed by atoms with Crippen LogP contribution < -0.4 is 10.1 Å². The van der Waals surface area contributed by atoms with Crippen LogP contribution in [0.2, 0.25) is 0 Å². The van der Waals surface area contributed by atoms with E-state index in [1.165, 1.54) is 12.5 Å². The monoisotopic (exact) mass is 439 g/mol. The quantitative estimate of drug-likeness (QED) is 0.669. The van der Waals surface area contributed by atoms with Crippen molar-refractivity contribution in [3.8, 4) is 5.75 Å².